The van der Waals surface area contributed by atoms with Gasteiger partial charge in [0.2, 0.25) is 0 Å². The fraction of sp³-hybridized carbons (Fsp3) is 0.207. The Morgan fingerprint density at radius 3 is 2.38 bits per heavy atom. The summed E-state index contributed by atoms with van der Waals surface area (Å²) >= 11 is 2.06. The van der Waals surface area contributed by atoms with E-state index in [0.717, 1.165) is 23.3 Å². The summed E-state index contributed by atoms with van der Waals surface area (Å²) in [5.41, 5.74) is 1.36. The standard InChI is InChI=1S/C29H26FIN2O6/c1-3-4-13-38-22-11-9-21(10-12-22)33-28(35)23(27(34)32-29(33)36)14-19-15-24(31)26(25(16-19)37-2)39-17-18-5-7-20(30)8-6-18/h5-12,14-16H,3-4,13,17H2,1-2H3,(H,32,34,36)/b23-14-. The van der Waals surface area contributed by atoms with Crippen molar-refractivity contribution in [2.45, 2.75) is 26.4 Å². The molecule has 10 heteroatoms. The lowest BCUT2D eigenvalue weighted by Gasteiger charge is -2.26. The van der Waals surface area contributed by atoms with Gasteiger partial charge in [-0.25, -0.2) is 14.1 Å². The van der Waals surface area contributed by atoms with E-state index in [1.165, 1.54) is 25.3 Å². The van der Waals surface area contributed by atoms with E-state index in [1.807, 2.05) is 0 Å². The van der Waals surface area contributed by atoms with Gasteiger partial charge in [-0.15, -0.1) is 0 Å². The van der Waals surface area contributed by atoms with Crippen molar-refractivity contribution in [3.8, 4) is 17.2 Å². The van der Waals surface area contributed by atoms with Gasteiger partial charge in [0.25, 0.3) is 11.8 Å². The summed E-state index contributed by atoms with van der Waals surface area (Å²) in [7, 11) is 1.47. The average molecular weight is 644 g/mol. The van der Waals surface area contributed by atoms with Crippen molar-refractivity contribution in [2.75, 3.05) is 18.6 Å². The number of benzene rings is 3. The third-order valence-corrected chi connectivity index (χ3v) is 6.62. The molecule has 1 aliphatic heterocycles. The number of rotatable bonds is 10. The van der Waals surface area contributed by atoms with Crippen LogP contribution in [0.1, 0.15) is 30.9 Å². The molecule has 0 unspecified atom stereocenters. The number of ether oxygens (including phenoxy) is 3. The van der Waals surface area contributed by atoms with Gasteiger partial charge in [-0.1, -0.05) is 25.5 Å². The van der Waals surface area contributed by atoms with Crippen LogP contribution < -0.4 is 24.4 Å². The van der Waals surface area contributed by atoms with Crippen molar-refractivity contribution >= 4 is 52.2 Å². The van der Waals surface area contributed by atoms with Crippen LogP contribution in [-0.4, -0.2) is 31.6 Å². The minimum Gasteiger partial charge on any atom is -0.494 e. The van der Waals surface area contributed by atoms with Crippen LogP contribution in [0, 0.1) is 9.39 Å². The third kappa shape index (κ3) is 6.75. The molecule has 3 aromatic rings. The Hall–Kier alpha value is -3.93. The Morgan fingerprint density at radius 2 is 1.72 bits per heavy atom. The first kappa shape index (κ1) is 28.1. The summed E-state index contributed by atoms with van der Waals surface area (Å²) < 4.78 is 30.9. The Bertz CT molecular complexity index is 1410. The quantitative estimate of drug-likeness (QED) is 0.129. The number of nitrogens with one attached hydrogen (secondary N) is 1. The zero-order valence-electron chi connectivity index (χ0n) is 21.3. The molecule has 4 amide bonds. The molecule has 1 fully saturated rings. The summed E-state index contributed by atoms with van der Waals surface area (Å²) in [5, 5.41) is 2.23. The molecule has 4 rings (SSSR count). The maximum absolute atomic E-state index is 13.3. The molecule has 1 saturated heterocycles. The first-order valence-electron chi connectivity index (χ1n) is 12.2. The second-order valence-electron chi connectivity index (χ2n) is 8.60. The number of carbonyl (C=O) groups is 3. The number of unbranched alkanes of at least 4 members (excludes halogenated alkanes) is 1. The molecule has 0 radical (unpaired) electrons. The van der Waals surface area contributed by atoms with Gasteiger partial charge in [-0.05, 0) is 94.7 Å². The van der Waals surface area contributed by atoms with E-state index in [0.29, 0.717) is 38.7 Å². The van der Waals surface area contributed by atoms with E-state index in [-0.39, 0.29) is 18.0 Å². The van der Waals surface area contributed by atoms with Crippen LogP contribution >= 0.6 is 22.6 Å². The molecule has 39 heavy (non-hydrogen) atoms. The highest BCUT2D eigenvalue weighted by atomic mass is 127. The first-order valence-corrected chi connectivity index (χ1v) is 13.3. The molecule has 0 spiro atoms. The lowest BCUT2D eigenvalue weighted by atomic mass is 10.1. The second-order valence-corrected chi connectivity index (χ2v) is 9.77. The van der Waals surface area contributed by atoms with Crippen molar-refractivity contribution in [2.24, 2.45) is 0 Å². The van der Waals surface area contributed by atoms with Gasteiger partial charge in [-0.2, -0.15) is 0 Å². The number of hydrogen-bond donors (Lipinski definition) is 1. The van der Waals surface area contributed by atoms with E-state index < -0.39 is 17.8 Å². The van der Waals surface area contributed by atoms with Crippen LogP contribution in [-0.2, 0) is 16.2 Å². The monoisotopic (exact) mass is 644 g/mol. The topological polar surface area (TPSA) is 94.2 Å². The highest BCUT2D eigenvalue weighted by molar-refractivity contribution is 14.1. The van der Waals surface area contributed by atoms with Gasteiger partial charge < -0.3 is 14.2 Å². The molecule has 0 saturated carbocycles. The molecule has 3 aromatic carbocycles. The van der Waals surface area contributed by atoms with E-state index in [2.05, 4.69) is 34.8 Å². The highest BCUT2D eigenvalue weighted by Gasteiger charge is 2.37. The normalized spacial score (nSPS) is 14.4. The van der Waals surface area contributed by atoms with E-state index in [4.69, 9.17) is 14.2 Å². The molecule has 0 atom stereocenters. The summed E-state index contributed by atoms with van der Waals surface area (Å²) in [6, 6.07) is 15.0. The predicted molar refractivity (Wildman–Crippen MR) is 152 cm³/mol. The molecule has 1 heterocycles. The Labute approximate surface area is 238 Å². The number of anilines is 1. The molecule has 1 aliphatic rings. The minimum absolute atomic E-state index is 0.188. The van der Waals surface area contributed by atoms with Crippen LogP contribution in [0.2, 0.25) is 0 Å². The molecular formula is C29H26FIN2O6. The average Bonchev–Trinajstić information content (AvgIpc) is 2.92. The summed E-state index contributed by atoms with van der Waals surface area (Å²) in [4.78, 5) is 39.4. The molecule has 1 N–H and O–H groups in total. The van der Waals surface area contributed by atoms with E-state index in [9.17, 15) is 18.8 Å². The van der Waals surface area contributed by atoms with Crippen LogP contribution in [0.5, 0.6) is 17.2 Å². The second kappa shape index (κ2) is 12.7. The summed E-state index contributed by atoms with van der Waals surface area (Å²) in [6.07, 6.45) is 3.31. The van der Waals surface area contributed by atoms with Crippen LogP contribution in [0.3, 0.4) is 0 Å². The van der Waals surface area contributed by atoms with Gasteiger partial charge in [-0.3, -0.25) is 14.9 Å². The molecule has 0 aromatic heterocycles. The Kier molecular flexibility index (Phi) is 9.18. The zero-order chi connectivity index (χ0) is 27.9. The van der Waals surface area contributed by atoms with Crippen molar-refractivity contribution < 1.29 is 33.0 Å². The zero-order valence-corrected chi connectivity index (χ0v) is 23.5. The van der Waals surface area contributed by atoms with Crippen LogP contribution in [0.15, 0.2) is 66.2 Å². The number of urea groups is 1. The number of halogens is 2. The van der Waals surface area contributed by atoms with E-state index in [1.54, 1.807) is 48.5 Å². The van der Waals surface area contributed by atoms with Crippen molar-refractivity contribution in [3.63, 3.8) is 0 Å². The highest BCUT2D eigenvalue weighted by Crippen LogP contribution is 2.35. The molecule has 202 valence electrons. The molecule has 8 nitrogen and oxygen atoms in total. The first-order chi connectivity index (χ1) is 18.8. The van der Waals surface area contributed by atoms with Gasteiger partial charge in [0, 0.05) is 0 Å². The minimum atomic E-state index is -0.835. The maximum atomic E-state index is 13.3. The van der Waals surface area contributed by atoms with Crippen LogP contribution in [0.4, 0.5) is 14.9 Å². The van der Waals surface area contributed by atoms with E-state index >= 15 is 0 Å². The number of nitrogens with zero attached hydrogens (tertiary/aromatic N) is 1. The van der Waals surface area contributed by atoms with Crippen molar-refractivity contribution in [1.82, 2.24) is 5.32 Å². The lowest BCUT2D eigenvalue weighted by molar-refractivity contribution is -0.122. The van der Waals surface area contributed by atoms with Crippen LogP contribution in [0.25, 0.3) is 6.08 Å². The molecular weight excluding hydrogens is 618 g/mol. The Morgan fingerprint density at radius 1 is 1.00 bits per heavy atom. The van der Waals surface area contributed by atoms with Gasteiger partial charge in [0.1, 0.15) is 23.7 Å². The fourth-order valence-corrected chi connectivity index (χ4v) is 4.56. The number of carbonyl (C=O) groups excluding carboxylic acids is 3. The fourth-order valence-electron chi connectivity index (χ4n) is 3.78. The SMILES string of the molecule is CCCCOc1ccc(N2C(=O)NC(=O)/C(=C/c3cc(I)c(OCc4ccc(F)cc4)c(OC)c3)C2=O)cc1. The number of methoxy groups -OCH3 is 1. The third-order valence-electron chi connectivity index (χ3n) is 5.82. The number of barbiturate groups is 1. The maximum Gasteiger partial charge on any atom is 0.335 e. The summed E-state index contributed by atoms with van der Waals surface area (Å²) in [6.45, 7) is 2.82. The summed E-state index contributed by atoms with van der Waals surface area (Å²) in [5.74, 6) is -0.431. The van der Waals surface area contributed by atoms with Gasteiger partial charge >= 0.3 is 6.03 Å². The van der Waals surface area contributed by atoms with Gasteiger partial charge in [0.15, 0.2) is 11.5 Å². The van der Waals surface area contributed by atoms with Crippen molar-refractivity contribution in [3.05, 3.63) is 86.8 Å². The Balaban J connectivity index is 1.57. The number of imide groups is 2. The molecule has 0 bridgehead atoms. The molecule has 0 aliphatic carbocycles. The number of hydrogen-bond acceptors (Lipinski definition) is 6. The van der Waals surface area contributed by atoms with Crippen molar-refractivity contribution in [1.29, 1.82) is 0 Å². The predicted octanol–water partition coefficient (Wildman–Crippen LogP) is 5.86. The smallest absolute Gasteiger partial charge is 0.335 e. The lowest BCUT2D eigenvalue weighted by Crippen LogP contribution is -2.54. The van der Waals surface area contributed by atoms with Gasteiger partial charge in [0.05, 0.1) is 23.0 Å². The largest absolute Gasteiger partial charge is 0.494 e. The number of amides is 4.